The SMILES string of the molecule is c1ccc(-c2cc(-c3cccc(-c4cc(-c5ccccc5)nc(-c5cccc(-n6c7ccccc7c7ccccc76)c5)c4)c3)cc(-c3cccc(-n4c5ccccc5c5ccccc54)c3)n2)cc1. The fourth-order valence-electron chi connectivity index (χ4n) is 10.1. The predicted octanol–water partition coefficient (Wildman–Crippen LogP) is 16.7. The third-order valence-corrected chi connectivity index (χ3v) is 13.3. The number of para-hydroxylation sites is 4. The number of hydrogen-bond donors (Lipinski definition) is 0. The van der Waals surface area contributed by atoms with Gasteiger partial charge < -0.3 is 9.13 Å². The molecule has 0 atom stereocenters. The van der Waals surface area contributed by atoms with Crippen molar-refractivity contribution in [1.29, 1.82) is 0 Å². The summed E-state index contributed by atoms with van der Waals surface area (Å²) in [6, 6.07) is 91.0. The van der Waals surface area contributed by atoms with Crippen molar-refractivity contribution < 1.29 is 0 Å². The maximum Gasteiger partial charge on any atom is 0.0716 e. The molecule has 0 saturated heterocycles. The van der Waals surface area contributed by atoms with Crippen LogP contribution in [-0.2, 0) is 0 Å². The molecule has 13 aromatic rings. The van der Waals surface area contributed by atoms with Gasteiger partial charge in [-0.15, -0.1) is 0 Å². The van der Waals surface area contributed by atoms with E-state index in [1.807, 2.05) is 0 Å². The Morgan fingerprint density at radius 3 is 0.882 bits per heavy atom. The quantitative estimate of drug-likeness (QED) is 0.153. The molecule has 0 N–H and O–H groups in total. The lowest BCUT2D eigenvalue weighted by atomic mass is 9.95. The van der Waals surface area contributed by atoms with Crippen LogP contribution in [0.25, 0.3) is 122 Å². The van der Waals surface area contributed by atoms with E-state index in [0.29, 0.717) is 0 Å². The molecule has 4 aromatic heterocycles. The molecule has 68 heavy (non-hydrogen) atoms. The molecule has 318 valence electrons. The zero-order valence-corrected chi connectivity index (χ0v) is 37.0. The van der Waals surface area contributed by atoms with Gasteiger partial charge in [0.25, 0.3) is 0 Å². The van der Waals surface area contributed by atoms with Gasteiger partial charge in [0.1, 0.15) is 0 Å². The molecule has 4 nitrogen and oxygen atoms in total. The van der Waals surface area contributed by atoms with Crippen molar-refractivity contribution in [3.8, 4) is 78.7 Å². The molecule has 4 heterocycles. The Balaban J connectivity index is 0.938. The van der Waals surface area contributed by atoms with Gasteiger partial charge in [-0.05, 0) is 101 Å². The number of aromatic nitrogens is 4. The molecule has 0 spiro atoms. The topological polar surface area (TPSA) is 35.6 Å². The van der Waals surface area contributed by atoms with Crippen LogP contribution in [0.3, 0.4) is 0 Å². The summed E-state index contributed by atoms with van der Waals surface area (Å²) in [7, 11) is 0. The van der Waals surface area contributed by atoms with E-state index < -0.39 is 0 Å². The van der Waals surface area contributed by atoms with Crippen LogP contribution in [0.2, 0.25) is 0 Å². The standard InChI is InChI=1S/C64H42N4/c1-3-18-43(19-4-1)57-39-49(41-59(65-57)47-24-16-26-51(37-47)67-61-32-11-7-28-53(61)54-29-8-12-33-62(54)67)45-22-15-23-46(36-45)50-40-58(44-20-5-2-6-21-44)66-60(42-50)48-25-17-27-52(38-48)68-63-34-13-9-30-55(63)56-31-10-14-35-64(56)68/h1-42H. The minimum Gasteiger partial charge on any atom is -0.309 e. The summed E-state index contributed by atoms with van der Waals surface area (Å²) in [6.45, 7) is 0. The summed E-state index contributed by atoms with van der Waals surface area (Å²) >= 11 is 0. The summed E-state index contributed by atoms with van der Waals surface area (Å²) < 4.78 is 4.74. The van der Waals surface area contributed by atoms with Crippen LogP contribution < -0.4 is 0 Å². The van der Waals surface area contributed by atoms with Crippen molar-refractivity contribution in [2.75, 3.05) is 0 Å². The first-order valence-corrected chi connectivity index (χ1v) is 23.1. The molecule has 0 amide bonds. The van der Waals surface area contributed by atoms with E-state index in [4.69, 9.17) is 9.97 Å². The van der Waals surface area contributed by atoms with E-state index >= 15 is 0 Å². The van der Waals surface area contributed by atoms with Crippen LogP contribution in [0.5, 0.6) is 0 Å². The lowest BCUT2D eigenvalue weighted by Gasteiger charge is -2.14. The van der Waals surface area contributed by atoms with Crippen LogP contribution in [0.4, 0.5) is 0 Å². The molecule has 9 aromatic carbocycles. The minimum absolute atomic E-state index is 0.912. The van der Waals surface area contributed by atoms with Crippen LogP contribution in [0.1, 0.15) is 0 Å². The average molecular weight is 867 g/mol. The second-order valence-electron chi connectivity index (χ2n) is 17.4. The molecule has 0 saturated carbocycles. The van der Waals surface area contributed by atoms with Crippen LogP contribution in [0.15, 0.2) is 255 Å². The van der Waals surface area contributed by atoms with Gasteiger partial charge >= 0.3 is 0 Å². The lowest BCUT2D eigenvalue weighted by molar-refractivity contribution is 1.18. The van der Waals surface area contributed by atoms with E-state index in [1.54, 1.807) is 0 Å². The van der Waals surface area contributed by atoms with E-state index in [2.05, 4.69) is 264 Å². The highest BCUT2D eigenvalue weighted by molar-refractivity contribution is 6.10. The van der Waals surface area contributed by atoms with E-state index in [9.17, 15) is 0 Å². The Labute approximate surface area is 394 Å². The second-order valence-corrected chi connectivity index (χ2v) is 17.4. The number of rotatable bonds is 8. The van der Waals surface area contributed by atoms with E-state index in [0.717, 1.165) is 78.7 Å². The molecule has 0 aliphatic carbocycles. The Morgan fingerprint density at radius 2 is 0.500 bits per heavy atom. The van der Waals surface area contributed by atoms with Gasteiger partial charge in [-0.3, -0.25) is 0 Å². The molecule has 0 fully saturated rings. The van der Waals surface area contributed by atoms with Gasteiger partial charge in [-0.25, -0.2) is 9.97 Å². The van der Waals surface area contributed by atoms with Crippen LogP contribution >= 0.6 is 0 Å². The van der Waals surface area contributed by atoms with Crippen LogP contribution in [-0.4, -0.2) is 19.1 Å². The van der Waals surface area contributed by atoms with Gasteiger partial charge in [0, 0.05) is 55.2 Å². The molecule has 0 unspecified atom stereocenters. The van der Waals surface area contributed by atoms with Crippen molar-refractivity contribution in [1.82, 2.24) is 19.1 Å². The molecule has 0 aliphatic heterocycles. The lowest BCUT2D eigenvalue weighted by Crippen LogP contribution is -1.96. The Bertz CT molecular complexity index is 3660. The number of pyridine rings is 2. The highest BCUT2D eigenvalue weighted by atomic mass is 15.0. The molecular weight excluding hydrogens is 825 g/mol. The van der Waals surface area contributed by atoms with Crippen molar-refractivity contribution in [3.63, 3.8) is 0 Å². The number of nitrogens with zero attached hydrogens (tertiary/aromatic N) is 4. The van der Waals surface area contributed by atoms with Gasteiger partial charge in [0.2, 0.25) is 0 Å². The van der Waals surface area contributed by atoms with E-state index in [1.165, 1.54) is 43.6 Å². The highest BCUT2D eigenvalue weighted by Gasteiger charge is 2.17. The average Bonchev–Trinajstić information content (AvgIpc) is 3.94. The van der Waals surface area contributed by atoms with E-state index in [-0.39, 0.29) is 0 Å². The largest absolute Gasteiger partial charge is 0.309 e. The first-order valence-electron chi connectivity index (χ1n) is 23.1. The molecule has 13 rings (SSSR count). The predicted molar refractivity (Wildman–Crippen MR) is 283 cm³/mol. The summed E-state index contributed by atoms with van der Waals surface area (Å²) in [5.74, 6) is 0. The summed E-state index contributed by atoms with van der Waals surface area (Å²) in [5.41, 5.74) is 19.2. The molecule has 4 heteroatoms. The normalized spacial score (nSPS) is 11.5. The fourth-order valence-corrected chi connectivity index (χ4v) is 10.1. The molecule has 0 radical (unpaired) electrons. The first kappa shape index (κ1) is 39.3. The van der Waals surface area contributed by atoms with Gasteiger partial charge in [-0.2, -0.15) is 0 Å². The number of benzene rings is 9. The molecular formula is C64H42N4. The fraction of sp³-hybridized carbons (Fsp3) is 0. The Kier molecular flexibility index (Phi) is 9.47. The first-order chi connectivity index (χ1) is 33.7. The maximum atomic E-state index is 5.36. The smallest absolute Gasteiger partial charge is 0.0716 e. The summed E-state index contributed by atoms with van der Waals surface area (Å²) in [4.78, 5) is 10.7. The number of fused-ring (bicyclic) bond motifs is 6. The molecule has 0 aliphatic rings. The number of hydrogen-bond acceptors (Lipinski definition) is 2. The maximum absolute atomic E-state index is 5.36. The third-order valence-electron chi connectivity index (χ3n) is 13.3. The summed E-state index contributed by atoms with van der Waals surface area (Å²) in [5, 5.41) is 4.96. The van der Waals surface area contributed by atoms with Gasteiger partial charge in [-0.1, -0.05) is 176 Å². The van der Waals surface area contributed by atoms with Crippen molar-refractivity contribution in [3.05, 3.63) is 255 Å². The zero-order chi connectivity index (χ0) is 45.0. The van der Waals surface area contributed by atoms with Crippen molar-refractivity contribution >= 4 is 43.6 Å². The Hall–Kier alpha value is -9.12. The summed E-state index contributed by atoms with van der Waals surface area (Å²) in [6.07, 6.45) is 0. The van der Waals surface area contributed by atoms with Gasteiger partial charge in [0.15, 0.2) is 0 Å². The highest BCUT2D eigenvalue weighted by Crippen LogP contribution is 2.38. The van der Waals surface area contributed by atoms with Crippen LogP contribution in [0, 0.1) is 0 Å². The Morgan fingerprint density at radius 1 is 0.206 bits per heavy atom. The van der Waals surface area contributed by atoms with Crippen molar-refractivity contribution in [2.45, 2.75) is 0 Å². The van der Waals surface area contributed by atoms with Crippen molar-refractivity contribution in [2.24, 2.45) is 0 Å². The minimum atomic E-state index is 0.912. The molecule has 0 bridgehead atoms. The second kappa shape index (κ2) is 16.4. The third kappa shape index (κ3) is 6.86. The monoisotopic (exact) mass is 866 g/mol. The van der Waals surface area contributed by atoms with Gasteiger partial charge in [0.05, 0.1) is 44.8 Å². The zero-order valence-electron chi connectivity index (χ0n) is 37.0.